The first kappa shape index (κ1) is 20.9. The van der Waals surface area contributed by atoms with Gasteiger partial charge in [0.2, 0.25) is 0 Å². The molecule has 1 saturated heterocycles. The summed E-state index contributed by atoms with van der Waals surface area (Å²) in [5.74, 6) is -0.186. The molecule has 1 N–H and O–H groups in total. The number of hydrogen-bond acceptors (Lipinski definition) is 4. The van der Waals surface area contributed by atoms with E-state index < -0.39 is 0 Å². The van der Waals surface area contributed by atoms with Crippen molar-refractivity contribution in [2.24, 2.45) is 0 Å². The van der Waals surface area contributed by atoms with Gasteiger partial charge >= 0.3 is 0 Å². The van der Waals surface area contributed by atoms with Crippen LogP contribution in [0.3, 0.4) is 0 Å². The quantitative estimate of drug-likeness (QED) is 0.624. The predicted molar refractivity (Wildman–Crippen MR) is 117 cm³/mol. The molecule has 0 radical (unpaired) electrons. The van der Waals surface area contributed by atoms with Gasteiger partial charge in [0.15, 0.2) is 0 Å². The smallest absolute Gasteiger partial charge is 0.254 e. The highest BCUT2D eigenvalue weighted by Gasteiger charge is 2.25. The minimum Gasteiger partial charge on any atom is -0.379 e. The second-order valence-corrected chi connectivity index (χ2v) is 7.89. The third kappa shape index (κ3) is 4.84. The Morgan fingerprint density at radius 2 is 1.93 bits per heavy atom. The number of rotatable bonds is 6. The number of halogens is 2. The summed E-state index contributed by atoms with van der Waals surface area (Å²) in [4.78, 5) is 15.1. The molecule has 1 aliphatic rings. The molecule has 1 aliphatic heterocycles. The molecule has 1 amide bonds. The SMILES string of the molecule is O=C(NCC(c1ccccc1Cl)N1CCOCC1)c1cnn(-c2cccc(Cl)c2)c1. The van der Waals surface area contributed by atoms with Gasteiger partial charge in [0, 0.05) is 35.9 Å². The van der Waals surface area contributed by atoms with E-state index in [2.05, 4.69) is 15.3 Å². The van der Waals surface area contributed by atoms with Crippen LogP contribution in [0.25, 0.3) is 5.69 Å². The van der Waals surface area contributed by atoms with E-state index in [4.69, 9.17) is 27.9 Å². The standard InChI is InChI=1S/C22H22Cl2N4O2/c23-17-4-3-5-18(12-17)28-15-16(13-26-28)22(29)25-14-21(27-8-10-30-11-9-27)19-6-1-2-7-20(19)24/h1-7,12-13,15,21H,8-11,14H2,(H,25,29). The first-order valence-electron chi connectivity index (χ1n) is 9.77. The van der Waals surface area contributed by atoms with Crippen LogP contribution in [0.1, 0.15) is 22.0 Å². The number of amides is 1. The molecule has 0 aliphatic carbocycles. The van der Waals surface area contributed by atoms with Gasteiger partial charge in [-0.15, -0.1) is 0 Å². The summed E-state index contributed by atoms with van der Waals surface area (Å²) >= 11 is 12.5. The summed E-state index contributed by atoms with van der Waals surface area (Å²) in [5, 5.41) is 8.63. The van der Waals surface area contributed by atoms with E-state index in [-0.39, 0.29) is 11.9 Å². The zero-order chi connectivity index (χ0) is 20.9. The highest BCUT2D eigenvalue weighted by atomic mass is 35.5. The van der Waals surface area contributed by atoms with Crippen LogP contribution in [0, 0.1) is 0 Å². The van der Waals surface area contributed by atoms with Gasteiger partial charge in [-0.05, 0) is 29.8 Å². The molecule has 0 bridgehead atoms. The molecule has 0 saturated carbocycles. The van der Waals surface area contributed by atoms with Crippen LogP contribution in [0.2, 0.25) is 10.0 Å². The Kier molecular flexibility index (Phi) is 6.69. The van der Waals surface area contributed by atoms with E-state index in [0.717, 1.165) is 24.3 Å². The van der Waals surface area contributed by atoms with Crippen molar-refractivity contribution in [3.63, 3.8) is 0 Å². The van der Waals surface area contributed by atoms with Gasteiger partial charge < -0.3 is 10.1 Å². The Hall–Kier alpha value is -2.38. The third-order valence-electron chi connectivity index (χ3n) is 5.12. The predicted octanol–water partition coefficient (Wildman–Crippen LogP) is 3.98. The maximum Gasteiger partial charge on any atom is 0.254 e. The Morgan fingerprint density at radius 1 is 1.13 bits per heavy atom. The average Bonchev–Trinajstić information content (AvgIpc) is 3.26. The monoisotopic (exact) mass is 444 g/mol. The van der Waals surface area contributed by atoms with Gasteiger partial charge in [0.25, 0.3) is 5.91 Å². The molecule has 1 atom stereocenters. The number of carbonyl (C=O) groups is 1. The molecule has 4 rings (SSSR count). The van der Waals surface area contributed by atoms with Crippen LogP contribution in [0.5, 0.6) is 0 Å². The van der Waals surface area contributed by atoms with E-state index in [0.29, 0.717) is 35.4 Å². The summed E-state index contributed by atoms with van der Waals surface area (Å²) in [7, 11) is 0. The van der Waals surface area contributed by atoms with Gasteiger partial charge in [0.05, 0.1) is 36.7 Å². The summed E-state index contributed by atoms with van der Waals surface area (Å²) in [5.41, 5.74) is 2.27. The number of carbonyl (C=O) groups excluding carboxylic acids is 1. The van der Waals surface area contributed by atoms with Crippen LogP contribution in [-0.4, -0.2) is 53.4 Å². The highest BCUT2D eigenvalue weighted by Crippen LogP contribution is 2.28. The van der Waals surface area contributed by atoms with Crippen LogP contribution in [-0.2, 0) is 4.74 Å². The molecule has 1 fully saturated rings. The van der Waals surface area contributed by atoms with E-state index >= 15 is 0 Å². The Labute approximate surface area is 185 Å². The van der Waals surface area contributed by atoms with Crippen LogP contribution < -0.4 is 5.32 Å². The number of morpholine rings is 1. The molecule has 2 aromatic carbocycles. The van der Waals surface area contributed by atoms with Crippen LogP contribution in [0.4, 0.5) is 0 Å². The lowest BCUT2D eigenvalue weighted by Crippen LogP contribution is -2.43. The number of benzene rings is 2. The molecule has 6 nitrogen and oxygen atoms in total. The minimum absolute atomic E-state index is 0.0328. The molecule has 30 heavy (non-hydrogen) atoms. The van der Waals surface area contributed by atoms with Crippen molar-refractivity contribution in [3.05, 3.63) is 82.1 Å². The van der Waals surface area contributed by atoms with E-state index in [1.54, 1.807) is 29.2 Å². The van der Waals surface area contributed by atoms with Crippen molar-refractivity contribution in [1.82, 2.24) is 20.0 Å². The summed E-state index contributed by atoms with van der Waals surface area (Å²) < 4.78 is 7.11. The third-order valence-corrected chi connectivity index (χ3v) is 5.70. The second-order valence-electron chi connectivity index (χ2n) is 7.05. The summed E-state index contributed by atoms with van der Waals surface area (Å²) in [6.45, 7) is 3.35. The molecular formula is C22H22Cl2N4O2. The molecular weight excluding hydrogens is 423 g/mol. The van der Waals surface area contributed by atoms with Crippen molar-refractivity contribution in [3.8, 4) is 5.69 Å². The lowest BCUT2D eigenvalue weighted by Gasteiger charge is -2.35. The maximum absolute atomic E-state index is 12.8. The molecule has 156 valence electrons. The van der Waals surface area contributed by atoms with E-state index in [9.17, 15) is 4.79 Å². The fraction of sp³-hybridized carbons (Fsp3) is 0.273. The lowest BCUT2D eigenvalue weighted by molar-refractivity contribution is 0.0162. The Morgan fingerprint density at radius 3 is 2.70 bits per heavy atom. The fourth-order valence-corrected chi connectivity index (χ4v) is 4.01. The van der Waals surface area contributed by atoms with Crippen molar-refractivity contribution in [2.45, 2.75) is 6.04 Å². The molecule has 1 aromatic heterocycles. The van der Waals surface area contributed by atoms with Crippen LogP contribution >= 0.6 is 23.2 Å². The van der Waals surface area contributed by atoms with Gasteiger partial charge in [-0.2, -0.15) is 5.10 Å². The molecule has 2 heterocycles. The van der Waals surface area contributed by atoms with Gasteiger partial charge in [-0.1, -0.05) is 47.5 Å². The average molecular weight is 445 g/mol. The van der Waals surface area contributed by atoms with Crippen molar-refractivity contribution < 1.29 is 9.53 Å². The number of nitrogens with one attached hydrogen (secondary N) is 1. The normalized spacial score (nSPS) is 15.7. The first-order valence-corrected chi connectivity index (χ1v) is 10.5. The summed E-state index contributed by atoms with van der Waals surface area (Å²) in [6, 6.07) is 15.0. The Bertz CT molecular complexity index is 1020. The number of ether oxygens (including phenoxy) is 1. The molecule has 0 spiro atoms. The fourth-order valence-electron chi connectivity index (χ4n) is 3.56. The van der Waals surface area contributed by atoms with Gasteiger partial charge in [0.1, 0.15) is 0 Å². The van der Waals surface area contributed by atoms with E-state index in [1.165, 1.54) is 0 Å². The summed E-state index contributed by atoms with van der Waals surface area (Å²) in [6.07, 6.45) is 3.25. The lowest BCUT2D eigenvalue weighted by atomic mass is 10.0. The zero-order valence-corrected chi connectivity index (χ0v) is 17.8. The van der Waals surface area contributed by atoms with Crippen molar-refractivity contribution >= 4 is 29.1 Å². The number of nitrogens with zero attached hydrogens (tertiary/aromatic N) is 3. The first-order chi connectivity index (χ1) is 14.6. The maximum atomic E-state index is 12.8. The molecule has 1 unspecified atom stereocenters. The topological polar surface area (TPSA) is 59.4 Å². The molecule has 8 heteroatoms. The van der Waals surface area contributed by atoms with Gasteiger partial charge in [-0.3, -0.25) is 9.69 Å². The van der Waals surface area contributed by atoms with Gasteiger partial charge in [-0.25, -0.2) is 4.68 Å². The van der Waals surface area contributed by atoms with Crippen LogP contribution in [0.15, 0.2) is 60.9 Å². The molecule has 3 aromatic rings. The second kappa shape index (κ2) is 9.62. The van der Waals surface area contributed by atoms with Crippen molar-refractivity contribution in [1.29, 1.82) is 0 Å². The van der Waals surface area contributed by atoms with E-state index in [1.807, 2.05) is 36.4 Å². The minimum atomic E-state index is -0.186. The number of hydrogen-bond donors (Lipinski definition) is 1. The Balaban J connectivity index is 1.48. The highest BCUT2D eigenvalue weighted by molar-refractivity contribution is 6.31. The zero-order valence-electron chi connectivity index (χ0n) is 16.3. The number of aromatic nitrogens is 2. The largest absolute Gasteiger partial charge is 0.379 e. The van der Waals surface area contributed by atoms with Crippen molar-refractivity contribution in [2.75, 3.05) is 32.8 Å².